The number of likely N-dealkylation sites (N-methyl/N-ethyl adjacent to an activating group) is 1. The largest absolute Gasteiger partial charge is 0.409 e. The molecule has 5 heteroatoms. The van der Waals surface area contributed by atoms with Gasteiger partial charge in [-0.1, -0.05) is 12.1 Å². The summed E-state index contributed by atoms with van der Waals surface area (Å²) in [7, 11) is 0. The van der Waals surface area contributed by atoms with Crippen LogP contribution in [0.3, 0.4) is 0 Å². The Morgan fingerprint density at radius 3 is 3.00 bits per heavy atom. The number of rotatable bonds is 4. The second kappa shape index (κ2) is 5.04. The molecule has 0 aliphatic carbocycles. The smallest absolute Gasteiger partial charge is 0.153 e. The van der Waals surface area contributed by atoms with E-state index in [-0.39, 0.29) is 5.84 Å². The van der Waals surface area contributed by atoms with Gasteiger partial charge in [-0.15, -0.1) is 0 Å². The maximum Gasteiger partial charge on any atom is 0.153 e. The third-order valence-corrected chi connectivity index (χ3v) is 2.32. The lowest BCUT2D eigenvalue weighted by Crippen LogP contribution is -2.41. The molecule has 0 spiro atoms. The van der Waals surface area contributed by atoms with Crippen molar-refractivity contribution in [2.45, 2.75) is 19.4 Å². The van der Waals surface area contributed by atoms with Crippen LogP contribution in [0.5, 0.6) is 0 Å². The lowest BCUT2D eigenvalue weighted by atomic mass is 10.2. The number of amidine groups is 1. The predicted molar refractivity (Wildman–Crippen MR) is 49.9 cm³/mol. The highest BCUT2D eigenvalue weighted by Gasteiger charge is 2.22. The van der Waals surface area contributed by atoms with Crippen molar-refractivity contribution >= 4 is 5.84 Å². The van der Waals surface area contributed by atoms with Crippen molar-refractivity contribution in [1.82, 2.24) is 4.90 Å². The minimum atomic E-state index is 0.258. The van der Waals surface area contributed by atoms with Gasteiger partial charge in [-0.25, -0.2) is 0 Å². The van der Waals surface area contributed by atoms with Crippen molar-refractivity contribution in [3.63, 3.8) is 0 Å². The van der Waals surface area contributed by atoms with Gasteiger partial charge < -0.3 is 15.7 Å². The number of hydrogen-bond acceptors (Lipinski definition) is 4. The molecule has 1 aliphatic rings. The fourth-order valence-electron chi connectivity index (χ4n) is 1.55. The summed E-state index contributed by atoms with van der Waals surface area (Å²) < 4.78 is 5.27. The van der Waals surface area contributed by atoms with Crippen LogP contribution in [0.15, 0.2) is 5.16 Å². The first-order valence-corrected chi connectivity index (χ1v) is 4.56. The zero-order valence-electron chi connectivity index (χ0n) is 7.94. The summed E-state index contributed by atoms with van der Waals surface area (Å²) in [5.74, 6) is 0.258. The standard InChI is InChI=1S/C8H17N3O2/c1-2-11(5-8(9)10-12)7-3-4-13-6-7/h7,12H,2-6H2,1H3,(H2,9,10). The Morgan fingerprint density at radius 2 is 2.54 bits per heavy atom. The molecule has 0 amide bonds. The normalized spacial score (nSPS) is 24.2. The van der Waals surface area contributed by atoms with Crippen LogP contribution in [-0.2, 0) is 4.74 Å². The highest BCUT2D eigenvalue weighted by Crippen LogP contribution is 2.11. The first-order valence-electron chi connectivity index (χ1n) is 4.56. The van der Waals surface area contributed by atoms with E-state index in [0.717, 1.165) is 26.2 Å². The van der Waals surface area contributed by atoms with E-state index in [0.29, 0.717) is 12.6 Å². The molecule has 1 rings (SSSR count). The number of nitrogens with zero attached hydrogens (tertiary/aromatic N) is 2. The van der Waals surface area contributed by atoms with E-state index < -0.39 is 0 Å². The molecule has 0 bridgehead atoms. The third-order valence-electron chi connectivity index (χ3n) is 2.32. The Balaban J connectivity index is 2.41. The van der Waals surface area contributed by atoms with Crippen LogP contribution < -0.4 is 5.73 Å². The number of oxime groups is 1. The van der Waals surface area contributed by atoms with Crippen LogP contribution in [0, 0.1) is 0 Å². The summed E-state index contributed by atoms with van der Waals surface area (Å²) >= 11 is 0. The Kier molecular flexibility index (Phi) is 3.98. The van der Waals surface area contributed by atoms with E-state index in [1.807, 2.05) is 0 Å². The fourth-order valence-corrected chi connectivity index (χ4v) is 1.55. The minimum Gasteiger partial charge on any atom is -0.409 e. The Bertz CT molecular complexity index is 178. The Morgan fingerprint density at radius 1 is 1.77 bits per heavy atom. The van der Waals surface area contributed by atoms with Gasteiger partial charge in [0.1, 0.15) is 0 Å². The second-order valence-corrected chi connectivity index (χ2v) is 3.17. The molecular formula is C8H17N3O2. The molecule has 1 heterocycles. The van der Waals surface area contributed by atoms with E-state index in [1.165, 1.54) is 0 Å². The molecule has 0 aromatic rings. The summed E-state index contributed by atoms with van der Waals surface area (Å²) in [4.78, 5) is 2.15. The average molecular weight is 187 g/mol. The monoisotopic (exact) mass is 187 g/mol. The van der Waals surface area contributed by atoms with Gasteiger partial charge in [0.05, 0.1) is 13.2 Å². The topological polar surface area (TPSA) is 71.1 Å². The van der Waals surface area contributed by atoms with Crippen molar-refractivity contribution in [3.05, 3.63) is 0 Å². The number of hydrogen-bond donors (Lipinski definition) is 2. The molecular weight excluding hydrogens is 170 g/mol. The van der Waals surface area contributed by atoms with Gasteiger partial charge in [-0.05, 0) is 13.0 Å². The molecule has 0 aromatic carbocycles. The SMILES string of the molecule is CCN(CC(N)=NO)C1CCOC1. The van der Waals surface area contributed by atoms with Gasteiger partial charge >= 0.3 is 0 Å². The number of nitrogens with two attached hydrogens (primary N) is 1. The van der Waals surface area contributed by atoms with Crippen molar-refractivity contribution in [2.75, 3.05) is 26.3 Å². The fraction of sp³-hybridized carbons (Fsp3) is 0.875. The molecule has 0 radical (unpaired) electrons. The van der Waals surface area contributed by atoms with E-state index in [2.05, 4.69) is 17.0 Å². The minimum absolute atomic E-state index is 0.258. The quantitative estimate of drug-likeness (QED) is 0.278. The van der Waals surface area contributed by atoms with E-state index in [9.17, 15) is 0 Å². The molecule has 1 atom stereocenters. The summed E-state index contributed by atoms with van der Waals surface area (Å²) in [5.41, 5.74) is 5.43. The molecule has 0 aromatic heterocycles. The Hall–Kier alpha value is -0.810. The van der Waals surface area contributed by atoms with Crippen LogP contribution in [0.4, 0.5) is 0 Å². The summed E-state index contributed by atoms with van der Waals surface area (Å²) in [5, 5.41) is 11.4. The highest BCUT2D eigenvalue weighted by atomic mass is 16.5. The van der Waals surface area contributed by atoms with E-state index >= 15 is 0 Å². The molecule has 1 aliphatic heterocycles. The summed E-state index contributed by atoms with van der Waals surface area (Å²) in [6, 6.07) is 0.422. The van der Waals surface area contributed by atoms with Gasteiger partial charge in [0.2, 0.25) is 0 Å². The first kappa shape index (κ1) is 10.3. The van der Waals surface area contributed by atoms with Crippen molar-refractivity contribution in [3.8, 4) is 0 Å². The molecule has 5 nitrogen and oxygen atoms in total. The third kappa shape index (κ3) is 2.86. The maximum absolute atomic E-state index is 8.43. The number of ether oxygens (including phenoxy) is 1. The van der Waals surface area contributed by atoms with Gasteiger partial charge in [0.25, 0.3) is 0 Å². The lowest BCUT2D eigenvalue weighted by Gasteiger charge is -2.25. The predicted octanol–water partition coefficient (Wildman–Crippen LogP) is -0.156. The average Bonchev–Trinajstić information content (AvgIpc) is 2.66. The first-order chi connectivity index (χ1) is 6.27. The second-order valence-electron chi connectivity index (χ2n) is 3.17. The molecule has 76 valence electrons. The van der Waals surface area contributed by atoms with E-state index in [4.69, 9.17) is 15.7 Å². The zero-order valence-corrected chi connectivity index (χ0v) is 7.94. The van der Waals surface area contributed by atoms with Gasteiger partial charge in [-0.2, -0.15) is 0 Å². The van der Waals surface area contributed by atoms with Gasteiger partial charge in [0.15, 0.2) is 5.84 Å². The molecule has 1 saturated heterocycles. The van der Waals surface area contributed by atoms with Crippen LogP contribution in [-0.4, -0.2) is 48.3 Å². The molecule has 13 heavy (non-hydrogen) atoms. The van der Waals surface area contributed by atoms with Crippen molar-refractivity contribution in [2.24, 2.45) is 10.9 Å². The van der Waals surface area contributed by atoms with Crippen LogP contribution >= 0.6 is 0 Å². The zero-order chi connectivity index (χ0) is 9.68. The van der Waals surface area contributed by atoms with E-state index in [1.54, 1.807) is 0 Å². The van der Waals surface area contributed by atoms with Crippen molar-refractivity contribution in [1.29, 1.82) is 0 Å². The molecule has 1 fully saturated rings. The van der Waals surface area contributed by atoms with Gasteiger partial charge in [-0.3, -0.25) is 4.90 Å². The maximum atomic E-state index is 8.43. The summed E-state index contributed by atoms with van der Waals surface area (Å²) in [6.45, 7) is 5.04. The van der Waals surface area contributed by atoms with Crippen LogP contribution in [0.1, 0.15) is 13.3 Å². The summed E-state index contributed by atoms with van der Waals surface area (Å²) in [6.07, 6.45) is 1.03. The van der Waals surface area contributed by atoms with Crippen molar-refractivity contribution < 1.29 is 9.94 Å². The van der Waals surface area contributed by atoms with Crippen LogP contribution in [0.25, 0.3) is 0 Å². The lowest BCUT2D eigenvalue weighted by molar-refractivity contribution is 0.156. The Labute approximate surface area is 78.1 Å². The molecule has 0 saturated carbocycles. The van der Waals surface area contributed by atoms with Gasteiger partial charge in [0, 0.05) is 12.6 Å². The van der Waals surface area contributed by atoms with Crippen LogP contribution in [0.2, 0.25) is 0 Å². The molecule has 1 unspecified atom stereocenters. The highest BCUT2D eigenvalue weighted by molar-refractivity contribution is 5.81. The molecule has 3 N–H and O–H groups in total.